The van der Waals surface area contributed by atoms with Crippen LogP contribution < -0.4 is 4.90 Å². The Morgan fingerprint density at radius 1 is 1.03 bits per heavy atom. The molecule has 5 aliphatic rings. The lowest BCUT2D eigenvalue weighted by Gasteiger charge is -2.38. The summed E-state index contributed by atoms with van der Waals surface area (Å²) in [4.78, 5) is 26.1. The van der Waals surface area contributed by atoms with Gasteiger partial charge < -0.3 is 4.90 Å². The van der Waals surface area contributed by atoms with Gasteiger partial charge in [0.25, 0.3) is 0 Å². The minimum Gasteiger partial charge on any atom is -0.353 e. The molecular weight excluding hydrogens is 406 g/mol. The number of hydrogen-bond donors (Lipinski definition) is 0. The van der Waals surface area contributed by atoms with Crippen LogP contribution in [0.5, 0.6) is 0 Å². The molecule has 29 heavy (non-hydrogen) atoms. The van der Waals surface area contributed by atoms with E-state index in [1.165, 1.54) is 12.8 Å². The van der Waals surface area contributed by atoms with Crippen LogP contribution in [0.2, 0.25) is 5.15 Å². The summed E-state index contributed by atoms with van der Waals surface area (Å²) in [7, 11) is 0. The molecule has 4 atom stereocenters. The van der Waals surface area contributed by atoms with Crippen LogP contribution in [0.3, 0.4) is 0 Å². The van der Waals surface area contributed by atoms with Gasteiger partial charge in [0, 0.05) is 38.0 Å². The van der Waals surface area contributed by atoms with Gasteiger partial charge in [-0.25, -0.2) is 4.98 Å². The molecule has 1 aromatic heterocycles. The number of hydrogen-bond acceptors (Lipinski definition) is 6. The maximum Gasteiger partial charge on any atom is 0.237 e. The summed E-state index contributed by atoms with van der Waals surface area (Å²) >= 11 is 7.80. The van der Waals surface area contributed by atoms with Crippen molar-refractivity contribution in [3.05, 3.63) is 29.7 Å². The highest BCUT2D eigenvalue weighted by molar-refractivity contribution is 7.98. The Balaban J connectivity index is 1.03. The van der Waals surface area contributed by atoms with E-state index in [-0.39, 0.29) is 5.92 Å². The quantitative estimate of drug-likeness (QED) is 0.390. The fourth-order valence-corrected chi connectivity index (χ4v) is 6.95. The van der Waals surface area contributed by atoms with Crippen molar-refractivity contribution in [1.82, 2.24) is 19.2 Å². The van der Waals surface area contributed by atoms with Crippen molar-refractivity contribution in [2.75, 3.05) is 44.2 Å². The van der Waals surface area contributed by atoms with Gasteiger partial charge in [0.15, 0.2) is 0 Å². The number of amides is 1. The highest BCUT2D eigenvalue weighted by Crippen LogP contribution is 2.52. The Labute approximate surface area is 181 Å². The van der Waals surface area contributed by atoms with Crippen molar-refractivity contribution < 1.29 is 4.79 Å². The molecule has 3 heterocycles. The van der Waals surface area contributed by atoms with Crippen LogP contribution in [0.4, 0.5) is 5.82 Å². The standard InChI is InChI=1S/C21H28ClN5OS/c22-17-13-23-14-18(24-17)26-11-9-25(10-12-26)7-1-2-8-27-21(28)19-15-3-5-16(6-4-15)20(19)29-27/h3,5,13-16,19-20H,1-2,4,6-12H2. The van der Waals surface area contributed by atoms with Crippen LogP contribution in [-0.4, -0.2) is 69.6 Å². The lowest BCUT2D eigenvalue weighted by atomic mass is 9.68. The van der Waals surface area contributed by atoms with E-state index in [0.717, 1.165) is 57.9 Å². The molecule has 8 heteroatoms. The van der Waals surface area contributed by atoms with E-state index in [1.807, 2.05) is 11.9 Å². The molecule has 1 amide bonds. The molecule has 0 radical (unpaired) electrons. The number of anilines is 1. The van der Waals surface area contributed by atoms with E-state index in [9.17, 15) is 4.79 Å². The van der Waals surface area contributed by atoms with E-state index < -0.39 is 0 Å². The largest absolute Gasteiger partial charge is 0.353 e. The molecule has 1 saturated carbocycles. The number of allylic oxidation sites excluding steroid dienone is 2. The van der Waals surface area contributed by atoms with Crippen molar-refractivity contribution in [2.24, 2.45) is 17.8 Å². The van der Waals surface area contributed by atoms with Crippen LogP contribution in [0, 0.1) is 17.8 Å². The SMILES string of the molecule is O=C1C2C3C=CC(CC3)C2SN1CCCCN1CCN(c2cncc(Cl)n2)CC1. The molecule has 0 aromatic carbocycles. The predicted molar refractivity (Wildman–Crippen MR) is 117 cm³/mol. The lowest BCUT2D eigenvalue weighted by molar-refractivity contribution is -0.131. The van der Waals surface area contributed by atoms with E-state index in [2.05, 4.69) is 36.2 Å². The minimum absolute atomic E-state index is 0.256. The molecule has 2 aliphatic heterocycles. The van der Waals surface area contributed by atoms with E-state index in [0.29, 0.717) is 28.1 Å². The van der Waals surface area contributed by atoms with Gasteiger partial charge in [-0.05, 0) is 56.0 Å². The van der Waals surface area contributed by atoms with E-state index in [4.69, 9.17) is 11.6 Å². The average molecular weight is 434 g/mol. The number of aromatic nitrogens is 2. The normalized spacial score (nSPS) is 31.6. The monoisotopic (exact) mass is 433 g/mol. The molecule has 6 rings (SSSR count). The summed E-state index contributed by atoms with van der Waals surface area (Å²) in [5.41, 5.74) is 0. The van der Waals surface area contributed by atoms with Gasteiger partial charge >= 0.3 is 0 Å². The number of fused-ring (bicyclic) bond motifs is 1. The number of rotatable bonds is 6. The number of nitrogens with zero attached hydrogens (tertiary/aromatic N) is 5. The molecular formula is C21H28ClN5OS. The van der Waals surface area contributed by atoms with Crippen molar-refractivity contribution >= 4 is 35.3 Å². The summed E-state index contributed by atoms with van der Waals surface area (Å²) in [6.07, 6.45) is 12.7. The van der Waals surface area contributed by atoms with Crippen LogP contribution in [0.25, 0.3) is 0 Å². The number of unbranched alkanes of at least 4 members (excludes halogenated alkanes) is 1. The molecule has 0 spiro atoms. The first-order chi connectivity index (χ1) is 14.2. The molecule has 1 aromatic rings. The first-order valence-corrected chi connectivity index (χ1v) is 12.0. The molecule has 6 nitrogen and oxygen atoms in total. The molecule has 156 valence electrons. The number of carbonyl (C=O) groups excluding carboxylic acids is 1. The molecule has 2 bridgehead atoms. The summed E-state index contributed by atoms with van der Waals surface area (Å²) in [5.74, 6) is 2.63. The van der Waals surface area contributed by atoms with Gasteiger partial charge in [-0.2, -0.15) is 0 Å². The molecule has 3 fully saturated rings. The highest BCUT2D eigenvalue weighted by atomic mass is 35.5. The third-order valence-corrected chi connectivity index (χ3v) is 8.52. The van der Waals surface area contributed by atoms with Gasteiger partial charge in [0.05, 0.1) is 18.3 Å². The molecule has 2 saturated heterocycles. The molecule has 3 aliphatic carbocycles. The maximum atomic E-state index is 12.9. The van der Waals surface area contributed by atoms with Crippen molar-refractivity contribution in [2.45, 2.75) is 30.9 Å². The van der Waals surface area contributed by atoms with Crippen molar-refractivity contribution in [3.63, 3.8) is 0 Å². The summed E-state index contributed by atoms with van der Waals surface area (Å²) in [6, 6.07) is 0. The summed E-state index contributed by atoms with van der Waals surface area (Å²) in [5, 5.41) is 0.955. The predicted octanol–water partition coefficient (Wildman–Crippen LogP) is 3.10. The summed E-state index contributed by atoms with van der Waals surface area (Å²) in [6.45, 7) is 5.97. The fraction of sp³-hybridized carbons (Fsp3) is 0.667. The van der Waals surface area contributed by atoms with E-state index >= 15 is 0 Å². The fourth-order valence-electron chi connectivity index (χ4n) is 5.22. The van der Waals surface area contributed by atoms with Crippen LogP contribution in [-0.2, 0) is 4.79 Å². The highest BCUT2D eigenvalue weighted by Gasteiger charge is 2.51. The van der Waals surface area contributed by atoms with Crippen molar-refractivity contribution in [1.29, 1.82) is 0 Å². The number of carbonyl (C=O) groups is 1. The second-order valence-electron chi connectivity index (χ2n) is 8.56. The van der Waals surface area contributed by atoms with Gasteiger partial charge in [-0.3, -0.25) is 19.0 Å². The Bertz CT molecular complexity index is 784. The van der Waals surface area contributed by atoms with Gasteiger partial charge in [-0.15, -0.1) is 0 Å². The number of piperazine rings is 1. The number of halogens is 1. The Kier molecular flexibility index (Phi) is 5.71. The third kappa shape index (κ3) is 4.01. The van der Waals surface area contributed by atoms with Crippen molar-refractivity contribution in [3.8, 4) is 0 Å². The third-order valence-electron chi connectivity index (χ3n) is 6.83. The minimum atomic E-state index is 0.256. The molecule has 0 N–H and O–H groups in total. The first-order valence-electron chi connectivity index (χ1n) is 10.8. The van der Waals surface area contributed by atoms with E-state index in [1.54, 1.807) is 12.4 Å². The smallest absolute Gasteiger partial charge is 0.237 e. The zero-order chi connectivity index (χ0) is 19.8. The lowest BCUT2D eigenvalue weighted by Crippen LogP contribution is -2.47. The average Bonchev–Trinajstić information content (AvgIpc) is 3.11. The van der Waals surface area contributed by atoms with Gasteiger partial charge in [-0.1, -0.05) is 23.8 Å². The second kappa shape index (κ2) is 8.44. The molecule has 4 unspecified atom stereocenters. The van der Waals surface area contributed by atoms with Crippen LogP contribution in [0.15, 0.2) is 24.5 Å². The second-order valence-corrected chi connectivity index (χ2v) is 10.1. The Morgan fingerprint density at radius 2 is 1.79 bits per heavy atom. The first kappa shape index (κ1) is 19.6. The Morgan fingerprint density at radius 3 is 2.52 bits per heavy atom. The maximum absolute atomic E-state index is 12.9. The summed E-state index contributed by atoms with van der Waals surface area (Å²) < 4.78 is 2.09. The van der Waals surface area contributed by atoms with Crippen LogP contribution >= 0.6 is 23.5 Å². The topological polar surface area (TPSA) is 52.6 Å². The zero-order valence-electron chi connectivity index (χ0n) is 16.6. The zero-order valence-corrected chi connectivity index (χ0v) is 18.2. The van der Waals surface area contributed by atoms with Gasteiger partial charge in [0.1, 0.15) is 11.0 Å². The van der Waals surface area contributed by atoms with Gasteiger partial charge in [0.2, 0.25) is 5.91 Å². The Hall–Kier alpha value is -1.31. The van der Waals surface area contributed by atoms with Crippen LogP contribution in [0.1, 0.15) is 25.7 Å².